The number of cyclic esters (lactones) is 1. The highest BCUT2D eigenvalue weighted by Crippen LogP contribution is 2.47. The molecule has 0 aromatic heterocycles. The number of hydrogen-bond donors (Lipinski definition) is 1. The quantitative estimate of drug-likeness (QED) is 0.788. The van der Waals surface area contributed by atoms with Gasteiger partial charge in [0.2, 0.25) is 5.91 Å². The second-order valence-electron chi connectivity index (χ2n) is 6.59. The molecule has 1 aromatic carbocycles. The maximum atomic E-state index is 12.4. The minimum atomic E-state index is -0.858. The van der Waals surface area contributed by atoms with E-state index in [-0.39, 0.29) is 19.1 Å². The Morgan fingerprint density at radius 1 is 1.29 bits per heavy atom. The van der Waals surface area contributed by atoms with Crippen LogP contribution in [-0.4, -0.2) is 24.3 Å². The lowest BCUT2D eigenvalue weighted by molar-refractivity contribution is -0.144. The minimum absolute atomic E-state index is 0.127. The molecule has 24 heavy (non-hydrogen) atoms. The zero-order valence-corrected chi connectivity index (χ0v) is 14.0. The third-order valence-electron chi connectivity index (χ3n) is 4.52. The number of esters is 1. The topological polar surface area (TPSA) is 73.9 Å². The molecule has 1 atom stereocenters. The Hall–Kier alpha value is -2.05. The third-order valence-corrected chi connectivity index (χ3v) is 4.74. The SMILES string of the molecule is CC1(C)OC(=O)C2=C1NC(=O)CC2c1cc(Cl)cc2c1OCOC2. The highest BCUT2D eigenvalue weighted by atomic mass is 35.5. The first kappa shape index (κ1) is 15.5. The molecule has 3 aliphatic heterocycles. The molecule has 1 amide bonds. The number of rotatable bonds is 1. The zero-order valence-electron chi connectivity index (χ0n) is 13.3. The fourth-order valence-electron chi connectivity index (χ4n) is 3.51. The highest BCUT2D eigenvalue weighted by Gasteiger charge is 2.48. The molecular weight excluding hydrogens is 334 g/mol. The molecular formula is C17H16ClNO5. The Morgan fingerprint density at radius 2 is 2.08 bits per heavy atom. The van der Waals surface area contributed by atoms with Crippen LogP contribution >= 0.6 is 11.6 Å². The van der Waals surface area contributed by atoms with E-state index in [1.54, 1.807) is 26.0 Å². The largest absolute Gasteiger partial charge is 0.467 e. The van der Waals surface area contributed by atoms with Crippen molar-refractivity contribution in [2.75, 3.05) is 6.79 Å². The molecule has 0 radical (unpaired) electrons. The van der Waals surface area contributed by atoms with E-state index < -0.39 is 17.5 Å². The number of halogens is 1. The summed E-state index contributed by atoms with van der Waals surface area (Å²) in [7, 11) is 0. The van der Waals surface area contributed by atoms with Crippen LogP contribution in [0.2, 0.25) is 5.02 Å². The molecule has 126 valence electrons. The lowest BCUT2D eigenvalue weighted by Crippen LogP contribution is -2.38. The summed E-state index contributed by atoms with van der Waals surface area (Å²) >= 11 is 6.23. The van der Waals surface area contributed by atoms with E-state index in [2.05, 4.69) is 5.32 Å². The van der Waals surface area contributed by atoms with Gasteiger partial charge in [0.1, 0.15) is 11.4 Å². The molecule has 0 aliphatic carbocycles. The number of fused-ring (bicyclic) bond motifs is 1. The van der Waals surface area contributed by atoms with Gasteiger partial charge in [-0.15, -0.1) is 0 Å². The first-order valence-corrected chi connectivity index (χ1v) is 8.05. The molecule has 0 bridgehead atoms. The summed E-state index contributed by atoms with van der Waals surface area (Å²) in [5.74, 6) is -0.394. The fraction of sp³-hybridized carbons (Fsp3) is 0.412. The van der Waals surface area contributed by atoms with E-state index in [0.29, 0.717) is 28.6 Å². The monoisotopic (exact) mass is 349 g/mol. The van der Waals surface area contributed by atoms with Gasteiger partial charge in [-0.25, -0.2) is 4.79 Å². The summed E-state index contributed by atoms with van der Waals surface area (Å²) in [5, 5.41) is 3.30. The van der Waals surface area contributed by atoms with Gasteiger partial charge >= 0.3 is 5.97 Å². The molecule has 0 saturated carbocycles. The molecule has 1 N–H and O–H groups in total. The van der Waals surface area contributed by atoms with Crippen molar-refractivity contribution in [1.82, 2.24) is 5.32 Å². The second kappa shape index (κ2) is 5.22. The van der Waals surface area contributed by atoms with Gasteiger partial charge in [-0.2, -0.15) is 0 Å². The van der Waals surface area contributed by atoms with Crippen LogP contribution < -0.4 is 10.1 Å². The van der Waals surface area contributed by atoms with Gasteiger partial charge in [0.15, 0.2) is 6.79 Å². The van der Waals surface area contributed by atoms with Gasteiger partial charge in [-0.3, -0.25) is 4.79 Å². The normalized spacial score (nSPS) is 24.7. The second-order valence-corrected chi connectivity index (χ2v) is 7.02. The number of ether oxygens (including phenoxy) is 3. The predicted molar refractivity (Wildman–Crippen MR) is 84.4 cm³/mol. The third kappa shape index (κ3) is 2.29. The van der Waals surface area contributed by atoms with Gasteiger partial charge in [-0.1, -0.05) is 11.6 Å². The maximum Gasteiger partial charge on any atom is 0.337 e. The molecule has 0 spiro atoms. The van der Waals surface area contributed by atoms with Crippen molar-refractivity contribution in [2.24, 2.45) is 0 Å². The van der Waals surface area contributed by atoms with Crippen molar-refractivity contribution in [3.05, 3.63) is 39.6 Å². The summed E-state index contributed by atoms with van der Waals surface area (Å²) in [6, 6.07) is 3.52. The van der Waals surface area contributed by atoms with Crippen LogP contribution in [0.15, 0.2) is 23.4 Å². The average molecular weight is 350 g/mol. The van der Waals surface area contributed by atoms with Crippen LogP contribution in [0.1, 0.15) is 37.3 Å². The number of carbonyl (C=O) groups excluding carboxylic acids is 2. The summed E-state index contributed by atoms with van der Waals surface area (Å²) in [6.45, 7) is 4.02. The predicted octanol–water partition coefficient (Wildman–Crippen LogP) is 2.40. The lowest BCUT2D eigenvalue weighted by Gasteiger charge is -2.29. The first-order chi connectivity index (χ1) is 11.4. The van der Waals surface area contributed by atoms with Gasteiger partial charge in [0, 0.05) is 28.5 Å². The molecule has 0 saturated heterocycles. The summed E-state index contributed by atoms with van der Waals surface area (Å²) in [4.78, 5) is 24.7. The number of carbonyl (C=O) groups is 2. The first-order valence-electron chi connectivity index (χ1n) is 7.67. The van der Waals surface area contributed by atoms with Gasteiger partial charge in [-0.05, 0) is 26.0 Å². The van der Waals surface area contributed by atoms with Crippen molar-refractivity contribution in [1.29, 1.82) is 0 Å². The number of hydrogen-bond acceptors (Lipinski definition) is 5. The molecule has 3 aliphatic rings. The van der Waals surface area contributed by atoms with Gasteiger partial charge in [0.25, 0.3) is 0 Å². The van der Waals surface area contributed by atoms with Crippen LogP contribution in [0, 0.1) is 0 Å². The minimum Gasteiger partial charge on any atom is -0.467 e. The van der Waals surface area contributed by atoms with E-state index in [1.807, 2.05) is 0 Å². The van der Waals surface area contributed by atoms with Crippen molar-refractivity contribution < 1.29 is 23.8 Å². The summed E-state index contributed by atoms with van der Waals surface area (Å²) < 4.78 is 16.4. The standard InChI is InChI=1S/C17H16ClNO5/c1-17(2)15-13(16(21)24-17)10(5-12(20)19-15)11-4-9(18)3-8-6-22-7-23-14(8)11/h3-4,10H,5-7H2,1-2H3,(H,19,20). The molecule has 1 unspecified atom stereocenters. The molecule has 6 nitrogen and oxygen atoms in total. The Balaban J connectivity index is 1.90. The van der Waals surface area contributed by atoms with E-state index >= 15 is 0 Å². The smallest absolute Gasteiger partial charge is 0.337 e. The lowest BCUT2D eigenvalue weighted by atomic mass is 9.81. The van der Waals surface area contributed by atoms with Crippen molar-refractivity contribution >= 4 is 23.5 Å². The molecule has 7 heteroatoms. The van der Waals surface area contributed by atoms with Crippen LogP contribution in [-0.2, 0) is 25.7 Å². The zero-order chi connectivity index (χ0) is 17.1. The van der Waals surface area contributed by atoms with Gasteiger partial charge < -0.3 is 19.5 Å². The Kier molecular flexibility index (Phi) is 3.37. The highest BCUT2D eigenvalue weighted by molar-refractivity contribution is 6.30. The number of nitrogens with one attached hydrogen (secondary N) is 1. The number of amides is 1. The molecule has 4 rings (SSSR count). The molecule has 3 heterocycles. The Labute approximate surface area is 143 Å². The van der Waals surface area contributed by atoms with Crippen molar-refractivity contribution in [3.8, 4) is 5.75 Å². The number of benzene rings is 1. The maximum absolute atomic E-state index is 12.4. The van der Waals surface area contributed by atoms with E-state index in [1.165, 1.54) is 0 Å². The van der Waals surface area contributed by atoms with E-state index in [4.69, 9.17) is 25.8 Å². The van der Waals surface area contributed by atoms with Crippen molar-refractivity contribution in [3.63, 3.8) is 0 Å². The van der Waals surface area contributed by atoms with Crippen LogP contribution in [0.3, 0.4) is 0 Å². The van der Waals surface area contributed by atoms with E-state index in [9.17, 15) is 9.59 Å². The van der Waals surface area contributed by atoms with Crippen molar-refractivity contribution in [2.45, 2.75) is 38.4 Å². The average Bonchev–Trinajstić information content (AvgIpc) is 2.75. The van der Waals surface area contributed by atoms with Crippen LogP contribution in [0.25, 0.3) is 0 Å². The summed E-state index contributed by atoms with van der Waals surface area (Å²) in [6.07, 6.45) is 0.140. The molecule has 0 fully saturated rings. The van der Waals surface area contributed by atoms with E-state index in [0.717, 1.165) is 11.1 Å². The molecule has 1 aromatic rings. The summed E-state index contributed by atoms with van der Waals surface area (Å²) in [5.41, 5.74) is 1.66. The fourth-order valence-corrected chi connectivity index (χ4v) is 3.76. The van der Waals surface area contributed by atoms with Crippen LogP contribution in [0.5, 0.6) is 5.75 Å². The van der Waals surface area contributed by atoms with Crippen LogP contribution in [0.4, 0.5) is 0 Å². The Morgan fingerprint density at radius 3 is 2.88 bits per heavy atom. The van der Waals surface area contributed by atoms with Gasteiger partial charge in [0.05, 0.1) is 17.9 Å². The Bertz CT molecular complexity index is 798.